The van der Waals surface area contributed by atoms with Crippen LogP contribution >= 0.6 is 11.8 Å². The minimum atomic E-state index is -0.264. The highest BCUT2D eigenvalue weighted by Crippen LogP contribution is 2.29. The number of carbonyl (C=O) groups is 3. The molecule has 0 atom stereocenters. The molecule has 9 heteroatoms. The lowest BCUT2D eigenvalue weighted by molar-refractivity contribution is -0.113. The fraction of sp³-hybridized carbons (Fsp3) is 0.130. The summed E-state index contributed by atoms with van der Waals surface area (Å²) in [7, 11) is 0. The molecule has 32 heavy (non-hydrogen) atoms. The topological polar surface area (TPSA) is 106 Å². The monoisotopic (exact) mass is 443 g/mol. The SMILES string of the molecule is Cc1cc(C)n2c(SCC(=O)Nc3ccc4c(c3)C(=O)c3ccccc3C4=O)nnc2n1. The van der Waals surface area contributed by atoms with Gasteiger partial charge in [0.2, 0.25) is 5.91 Å². The number of ketones is 2. The second kappa shape index (κ2) is 7.69. The van der Waals surface area contributed by atoms with E-state index in [2.05, 4.69) is 20.5 Å². The molecule has 1 amide bonds. The standard InChI is InChI=1S/C23H17N5O3S/c1-12-9-13(2)28-22(24-12)26-27-23(28)32-11-19(29)25-14-7-8-17-18(10-14)21(31)16-6-4-3-5-15(16)20(17)30/h3-10H,11H2,1-2H3,(H,25,29). The lowest BCUT2D eigenvalue weighted by atomic mass is 9.84. The number of carbonyl (C=O) groups excluding carboxylic acids is 3. The number of hydrogen-bond acceptors (Lipinski definition) is 7. The van der Waals surface area contributed by atoms with Gasteiger partial charge in [0.1, 0.15) is 0 Å². The first-order valence-corrected chi connectivity index (χ1v) is 10.9. The fourth-order valence-electron chi connectivity index (χ4n) is 3.80. The second-order valence-corrected chi connectivity index (χ2v) is 8.40. The molecule has 4 aromatic rings. The van der Waals surface area contributed by atoms with E-state index in [-0.39, 0.29) is 23.2 Å². The van der Waals surface area contributed by atoms with E-state index in [9.17, 15) is 14.4 Å². The molecule has 0 spiro atoms. The Hall–Kier alpha value is -3.85. The van der Waals surface area contributed by atoms with E-state index >= 15 is 0 Å². The number of rotatable bonds is 4. The zero-order chi connectivity index (χ0) is 22.4. The summed E-state index contributed by atoms with van der Waals surface area (Å²) in [6.07, 6.45) is 0. The van der Waals surface area contributed by atoms with E-state index in [1.54, 1.807) is 46.9 Å². The number of thioether (sulfide) groups is 1. The van der Waals surface area contributed by atoms with Gasteiger partial charge in [-0.25, -0.2) is 4.98 Å². The van der Waals surface area contributed by atoms with Gasteiger partial charge in [0, 0.05) is 39.3 Å². The van der Waals surface area contributed by atoms with Crippen molar-refractivity contribution in [1.29, 1.82) is 0 Å². The Kier molecular flexibility index (Phi) is 4.82. The quantitative estimate of drug-likeness (QED) is 0.425. The molecule has 0 bridgehead atoms. The first kappa shape index (κ1) is 20.1. The average Bonchev–Trinajstić information content (AvgIpc) is 3.19. The minimum Gasteiger partial charge on any atom is -0.325 e. The highest BCUT2D eigenvalue weighted by molar-refractivity contribution is 7.99. The van der Waals surface area contributed by atoms with E-state index < -0.39 is 0 Å². The summed E-state index contributed by atoms with van der Waals surface area (Å²) < 4.78 is 1.80. The van der Waals surface area contributed by atoms with Gasteiger partial charge in [-0.15, -0.1) is 10.2 Å². The summed E-state index contributed by atoms with van der Waals surface area (Å²) in [4.78, 5) is 42.4. The van der Waals surface area contributed by atoms with Crippen LogP contribution in [-0.4, -0.2) is 42.8 Å². The molecular weight excluding hydrogens is 426 g/mol. The maximum Gasteiger partial charge on any atom is 0.256 e. The molecule has 0 saturated carbocycles. The van der Waals surface area contributed by atoms with Gasteiger partial charge in [-0.05, 0) is 38.1 Å². The predicted molar refractivity (Wildman–Crippen MR) is 119 cm³/mol. The minimum absolute atomic E-state index is 0.0981. The van der Waals surface area contributed by atoms with Gasteiger partial charge in [-0.1, -0.05) is 36.0 Å². The Bertz CT molecular complexity index is 1440. The number of nitrogens with one attached hydrogen (secondary N) is 1. The highest BCUT2D eigenvalue weighted by atomic mass is 32.2. The van der Waals surface area contributed by atoms with Gasteiger partial charge >= 0.3 is 0 Å². The Morgan fingerprint density at radius 2 is 1.62 bits per heavy atom. The van der Waals surface area contributed by atoms with Gasteiger partial charge in [0.05, 0.1) is 5.75 Å². The third-order valence-electron chi connectivity index (χ3n) is 5.20. The molecule has 0 fully saturated rings. The predicted octanol–water partition coefficient (Wildman–Crippen LogP) is 3.25. The molecule has 158 valence electrons. The summed E-state index contributed by atoms with van der Waals surface area (Å²) in [5, 5.41) is 11.6. The number of benzene rings is 2. The van der Waals surface area contributed by atoms with Crippen LogP contribution in [-0.2, 0) is 4.79 Å². The van der Waals surface area contributed by atoms with E-state index in [0.717, 1.165) is 11.4 Å². The summed E-state index contributed by atoms with van der Waals surface area (Å²) in [6.45, 7) is 3.82. The number of amides is 1. The van der Waals surface area contributed by atoms with Crippen molar-refractivity contribution in [2.75, 3.05) is 11.1 Å². The molecule has 8 nitrogen and oxygen atoms in total. The molecule has 2 heterocycles. The number of aromatic nitrogens is 4. The largest absolute Gasteiger partial charge is 0.325 e. The van der Waals surface area contributed by atoms with Crippen LogP contribution in [0.4, 0.5) is 5.69 Å². The van der Waals surface area contributed by atoms with Crippen LogP contribution in [0.5, 0.6) is 0 Å². The molecule has 5 rings (SSSR count). The number of fused-ring (bicyclic) bond motifs is 3. The van der Waals surface area contributed by atoms with Crippen LogP contribution in [0.2, 0.25) is 0 Å². The van der Waals surface area contributed by atoms with Gasteiger partial charge in [-0.2, -0.15) is 0 Å². The van der Waals surface area contributed by atoms with Crippen molar-refractivity contribution in [3.63, 3.8) is 0 Å². The van der Waals surface area contributed by atoms with Crippen LogP contribution in [0.15, 0.2) is 53.7 Å². The molecule has 2 aromatic heterocycles. The summed E-state index contributed by atoms with van der Waals surface area (Å²) in [6, 6.07) is 13.4. The van der Waals surface area contributed by atoms with Crippen LogP contribution in [0, 0.1) is 13.8 Å². The lowest BCUT2D eigenvalue weighted by Gasteiger charge is -2.18. The van der Waals surface area contributed by atoms with Crippen molar-refractivity contribution in [3.8, 4) is 0 Å². The Morgan fingerprint density at radius 1 is 0.938 bits per heavy atom. The van der Waals surface area contributed by atoms with Gasteiger partial charge in [-0.3, -0.25) is 18.8 Å². The van der Waals surface area contributed by atoms with Gasteiger partial charge in [0.25, 0.3) is 5.78 Å². The average molecular weight is 443 g/mol. The normalized spacial score (nSPS) is 12.6. The molecule has 0 aliphatic heterocycles. The third-order valence-corrected chi connectivity index (χ3v) is 6.13. The van der Waals surface area contributed by atoms with Gasteiger partial charge in [0.15, 0.2) is 16.7 Å². The van der Waals surface area contributed by atoms with E-state index in [4.69, 9.17) is 0 Å². The number of nitrogens with zero attached hydrogens (tertiary/aromatic N) is 4. The molecule has 2 aromatic carbocycles. The molecule has 1 aliphatic carbocycles. The summed E-state index contributed by atoms with van der Waals surface area (Å²) in [5.74, 6) is -0.0978. The number of hydrogen-bond donors (Lipinski definition) is 1. The van der Waals surface area contributed by atoms with Crippen LogP contribution < -0.4 is 5.32 Å². The number of aryl methyl sites for hydroxylation is 2. The van der Waals surface area contributed by atoms with Crippen LogP contribution in [0.3, 0.4) is 0 Å². The Morgan fingerprint density at radius 3 is 2.38 bits per heavy atom. The molecular formula is C23H17N5O3S. The highest BCUT2D eigenvalue weighted by Gasteiger charge is 2.29. The van der Waals surface area contributed by atoms with Crippen LogP contribution in [0.25, 0.3) is 5.78 Å². The molecule has 1 aliphatic rings. The van der Waals surface area contributed by atoms with E-state index in [1.807, 2.05) is 19.9 Å². The molecule has 0 unspecified atom stereocenters. The molecule has 1 N–H and O–H groups in total. The maximum atomic E-state index is 12.9. The molecule has 0 radical (unpaired) electrons. The van der Waals surface area contributed by atoms with Crippen molar-refractivity contribution >= 4 is 40.7 Å². The van der Waals surface area contributed by atoms with Crippen molar-refractivity contribution in [1.82, 2.24) is 19.6 Å². The first-order chi connectivity index (χ1) is 15.4. The van der Waals surface area contributed by atoms with Crippen molar-refractivity contribution in [2.45, 2.75) is 19.0 Å². The van der Waals surface area contributed by atoms with Crippen LogP contribution in [0.1, 0.15) is 43.2 Å². The lowest BCUT2D eigenvalue weighted by Crippen LogP contribution is -2.21. The smallest absolute Gasteiger partial charge is 0.256 e. The summed E-state index contributed by atoms with van der Waals surface area (Å²) in [5.41, 5.74) is 3.64. The van der Waals surface area contributed by atoms with Crippen molar-refractivity contribution in [3.05, 3.63) is 82.2 Å². The second-order valence-electron chi connectivity index (χ2n) is 7.46. The molecule has 0 saturated heterocycles. The van der Waals surface area contributed by atoms with Gasteiger partial charge < -0.3 is 5.32 Å². The zero-order valence-corrected chi connectivity index (χ0v) is 18.1. The third kappa shape index (κ3) is 3.36. The Balaban J connectivity index is 1.33. The zero-order valence-electron chi connectivity index (χ0n) is 17.2. The van der Waals surface area contributed by atoms with Crippen molar-refractivity contribution < 1.29 is 14.4 Å². The maximum absolute atomic E-state index is 12.9. The number of anilines is 1. The first-order valence-electron chi connectivity index (χ1n) is 9.87. The summed E-state index contributed by atoms with van der Waals surface area (Å²) >= 11 is 1.24. The fourth-order valence-corrected chi connectivity index (χ4v) is 4.58. The van der Waals surface area contributed by atoms with Crippen molar-refractivity contribution in [2.24, 2.45) is 0 Å². The Labute approximate surface area is 187 Å². The van der Waals surface area contributed by atoms with E-state index in [0.29, 0.717) is 38.9 Å². The van der Waals surface area contributed by atoms with E-state index in [1.165, 1.54) is 11.8 Å².